The highest BCUT2D eigenvalue weighted by molar-refractivity contribution is 5.89. The van der Waals surface area contributed by atoms with Crippen molar-refractivity contribution in [2.75, 3.05) is 18.0 Å². The third-order valence-corrected chi connectivity index (χ3v) is 5.30. The van der Waals surface area contributed by atoms with E-state index < -0.39 is 29.6 Å². The number of fused-ring (bicyclic) bond motifs is 1. The molecule has 138 valence electrons. The summed E-state index contributed by atoms with van der Waals surface area (Å²) in [6, 6.07) is 0.713. The Bertz CT molecular complexity index is 974. The summed E-state index contributed by atoms with van der Waals surface area (Å²) in [5.41, 5.74) is 6.54. The molecule has 2 atom stereocenters. The van der Waals surface area contributed by atoms with Crippen molar-refractivity contribution in [2.24, 2.45) is 5.73 Å². The summed E-state index contributed by atoms with van der Waals surface area (Å²) in [5, 5.41) is 9.31. The lowest BCUT2D eigenvalue weighted by molar-refractivity contribution is 0.0694. The van der Waals surface area contributed by atoms with Crippen LogP contribution in [0.1, 0.15) is 40.2 Å². The predicted molar refractivity (Wildman–Crippen MR) is 92.4 cm³/mol. The van der Waals surface area contributed by atoms with E-state index in [1.54, 1.807) is 11.8 Å². The number of carboxylic acids is 1. The number of carboxylic acid groups (broad SMARTS) is 1. The molecule has 0 spiro atoms. The third kappa shape index (κ3) is 2.47. The first-order valence-corrected chi connectivity index (χ1v) is 8.55. The number of pyridine rings is 2. The van der Waals surface area contributed by atoms with Gasteiger partial charge >= 0.3 is 5.97 Å². The molecule has 0 unspecified atom stereocenters. The first-order valence-electron chi connectivity index (χ1n) is 8.55. The molecule has 3 heterocycles. The highest BCUT2D eigenvalue weighted by Gasteiger charge is 2.34. The van der Waals surface area contributed by atoms with Crippen LogP contribution in [0, 0.1) is 12.7 Å². The average Bonchev–Trinajstić information content (AvgIpc) is 3.35. The summed E-state index contributed by atoms with van der Waals surface area (Å²) in [6.45, 7) is 1.85. The van der Waals surface area contributed by atoms with E-state index in [1.165, 1.54) is 6.07 Å². The summed E-state index contributed by atoms with van der Waals surface area (Å²) < 4.78 is 29.8. The van der Waals surface area contributed by atoms with Gasteiger partial charge in [0.1, 0.15) is 11.7 Å². The first-order chi connectivity index (χ1) is 12.3. The lowest BCUT2D eigenvalue weighted by Gasteiger charge is -2.23. The number of nitrogens with two attached hydrogens (primary N) is 1. The Morgan fingerprint density at radius 1 is 1.35 bits per heavy atom. The van der Waals surface area contributed by atoms with Crippen molar-refractivity contribution in [1.82, 2.24) is 4.40 Å². The zero-order chi connectivity index (χ0) is 18.7. The molecule has 4 rings (SSSR count). The van der Waals surface area contributed by atoms with Crippen LogP contribution in [-0.4, -0.2) is 40.8 Å². The molecule has 1 saturated heterocycles. The highest BCUT2D eigenvalue weighted by Crippen LogP contribution is 2.44. The van der Waals surface area contributed by atoms with Gasteiger partial charge in [0.25, 0.3) is 5.56 Å². The SMILES string of the molecule is Cc1c(N2C[C@@H](N)[C@@H](F)C2)c(F)cn2c(=O)c(C(=O)O)cc(C3CC3)c12. The fraction of sp³-hybridized carbons (Fsp3) is 0.444. The number of halogens is 2. The van der Waals surface area contributed by atoms with Crippen LogP contribution in [0.4, 0.5) is 14.5 Å². The van der Waals surface area contributed by atoms with E-state index in [2.05, 4.69) is 0 Å². The Kier molecular flexibility index (Phi) is 3.76. The summed E-state index contributed by atoms with van der Waals surface area (Å²) in [7, 11) is 0. The maximum absolute atomic E-state index is 14.8. The van der Waals surface area contributed by atoms with Crippen molar-refractivity contribution in [1.29, 1.82) is 0 Å². The molecule has 0 radical (unpaired) electrons. The molecule has 2 aromatic heterocycles. The van der Waals surface area contributed by atoms with Crippen LogP contribution < -0.4 is 16.2 Å². The van der Waals surface area contributed by atoms with Gasteiger partial charge in [-0.15, -0.1) is 0 Å². The second kappa shape index (κ2) is 5.77. The van der Waals surface area contributed by atoms with Gasteiger partial charge in [-0.1, -0.05) is 0 Å². The van der Waals surface area contributed by atoms with Crippen molar-refractivity contribution < 1.29 is 18.7 Å². The Balaban J connectivity index is 2.00. The van der Waals surface area contributed by atoms with E-state index in [1.807, 2.05) is 0 Å². The molecule has 2 aromatic rings. The minimum absolute atomic E-state index is 0.00863. The van der Waals surface area contributed by atoms with Crippen LogP contribution in [0.15, 0.2) is 17.1 Å². The highest BCUT2D eigenvalue weighted by atomic mass is 19.1. The van der Waals surface area contributed by atoms with Crippen LogP contribution in [0.25, 0.3) is 5.52 Å². The van der Waals surface area contributed by atoms with Crippen LogP contribution in [0.2, 0.25) is 0 Å². The van der Waals surface area contributed by atoms with Crippen LogP contribution >= 0.6 is 0 Å². The molecule has 2 aliphatic rings. The molecule has 0 aromatic carbocycles. The van der Waals surface area contributed by atoms with Crippen molar-refractivity contribution in [3.63, 3.8) is 0 Å². The topological polar surface area (TPSA) is 88.0 Å². The number of anilines is 1. The summed E-state index contributed by atoms with van der Waals surface area (Å²) in [5.74, 6) is -1.88. The van der Waals surface area contributed by atoms with E-state index in [-0.39, 0.29) is 30.3 Å². The fourth-order valence-electron chi connectivity index (χ4n) is 3.86. The summed E-state index contributed by atoms with van der Waals surface area (Å²) in [4.78, 5) is 25.5. The number of rotatable bonds is 3. The van der Waals surface area contributed by atoms with E-state index in [0.717, 1.165) is 29.0 Å². The molecule has 8 heteroatoms. The van der Waals surface area contributed by atoms with Gasteiger partial charge in [0.2, 0.25) is 0 Å². The summed E-state index contributed by atoms with van der Waals surface area (Å²) in [6.07, 6.45) is 1.54. The van der Waals surface area contributed by atoms with Crippen LogP contribution in [-0.2, 0) is 0 Å². The van der Waals surface area contributed by atoms with Gasteiger partial charge in [-0.2, -0.15) is 0 Å². The number of hydrogen-bond acceptors (Lipinski definition) is 4. The predicted octanol–water partition coefficient (Wildman–Crippen LogP) is 1.81. The van der Waals surface area contributed by atoms with Gasteiger partial charge in [-0.25, -0.2) is 13.6 Å². The zero-order valence-corrected chi connectivity index (χ0v) is 14.2. The van der Waals surface area contributed by atoms with Gasteiger partial charge in [0.15, 0.2) is 5.82 Å². The van der Waals surface area contributed by atoms with Gasteiger partial charge in [-0.05, 0) is 42.9 Å². The van der Waals surface area contributed by atoms with E-state index in [9.17, 15) is 23.5 Å². The molecule has 1 aliphatic heterocycles. The second-order valence-corrected chi connectivity index (χ2v) is 7.15. The number of aryl methyl sites for hydroxylation is 1. The Labute approximate surface area is 147 Å². The standard InChI is InChI=1S/C18H19F2N3O3/c1-8-15-10(9-2-3-9)4-11(18(25)26)17(24)23(15)6-13(20)16(8)22-5-12(19)14(21)7-22/h4,6,9,12,14H,2-3,5,7,21H2,1H3,(H,25,26)/t12-,14+/m0/s1. The van der Waals surface area contributed by atoms with Crippen molar-refractivity contribution in [3.8, 4) is 0 Å². The zero-order valence-electron chi connectivity index (χ0n) is 14.2. The lowest BCUT2D eigenvalue weighted by Crippen LogP contribution is -2.31. The summed E-state index contributed by atoms with van der Waals surface area (Å²) >= 11 is 0. The Morgan fingerprint density at radius 2 is 2.04 bits per heavy atom. The van der Waals surface area contributed by atoms with Gasteiger partial charge in [-0.3, -0.25) is 9.20 Å². The van der Waals surface area contributed by atoms with Crippen molar-refractivity contribution in [3.05, 3.63) is 45.1 Å². The monoisotopic (exact) mass is 363 g/mol. The molecule has 0 amide bonds. The minimum atomic E-state index is -1.33. The molecule has 26 heavy (non-hydrogen) atoms. The number of aromatic carboxylic acids is 1. The van der Waals surface area contributed by atoms with E-state index in [4.69, 9.17) is 5.73 Å². The molecule has 1 aliphatic carbocycles. The molecular formula is C18H19F2N3O3. The maximum atomic E-state index is 14.8. The van der Waals surface area contributed by atoms with Crippen LogP contribution in [0.5, 0.6) is 0 Å². The normalized spacial score (nSPS) is 23.0. The van der Waals surface area contributed by atoms with E-state index >= 15 is 0 Å². The number of alkyl halides is 1. The smallest absolute Gasteiger partial charge is 0.341 e. The molecule has 3 N–H and O–H groups in total. The third-order valence-electron chi connectivity index (χ3n) is 5.30. The average molecular weight is 363 g/mol. The quantitative estimate of drug-likeness (QED) is 0.868. The number of nitrogens with zero attached hydrogens (tertiary/aromatic N) is 2. The molecule has 0 bridgehead atoms. The Morgan fingerprint density at radius 3 is 2.58 bits per heavy atom. The molecule has 6 nitrogen and oxygen atoms in total. The largest absolute Gasteiger partial charge is 0.477 e. The maximum Gasteiger partial charge on any atom is 0.341 e. The van der Waals surface area contributed by atoms with E-state index in [0.29, 0.717) is 11.1 Å². The van der Waals surface area contributed by atoms with Gasteiger partial charge in [0.05, 0.1) is 30.0 Å². The van der Waals surface area contributed by atoms with Gasteiger partial charge < -0.3 is 15.7 Å². The number of carbonyl (C=O) groups is 1. The van der Waals surface area contributed by atoms with Crippen LogP contribution in [0.3, 0.4) is 0 Å². The number of aromatic nitrogens is 1. The number of hydrogen-bond donors (Lipinski definition) is 2. The lowest BCUT2D eigenvalue weighted by atomic mass is 10.0. The molecule has 1 saturated carbocycles. The van der Waals surface area contributed by atoms with Crippen molar-refractivity contribution in [2.45, 2.75) is 37.9 Å². The minimum Gasteiger partial charge on any atom is -0.477 e. The van der Waals surface area contributed by atoms with Crippen molar-refractivity contribution >= 4 is 17.2 Å². The van der Waals surface area contributed by atoms with Gasteiger partial charge in [0, 0.05) is 6.54 Å². The second-order valence-electron chi connectivity index (χ2n) is 7.15. The first kappa shape index (κ1) is 17.0. The molecular weight excluding hydrogens is 344 g/mol. The Hall–Kier alpha value is -2.48. The molecule has 2 fully saturated rings. The fourth-order valence-corrected chi connectivity index (χ4v) is 3.86.